The van der Waals surface area contributed by atoms with E-state index < -0.39 is 0 Å². The van der Waals surface area contributed by atoms with Crippen molar-refractivity contribution in [3.8, 4) is 0 Å². The molecule has 0 aliphatic carbocycles. The van der Waals surface area contributed by atoms with Gasteiger partial charge in [0, 0.05) is 49.3 Å². The van der Waals surface area contributed by atoms with E-state index >= 15 is 0 Å². The summed E-state index contributed by atoms with van der Waals surface area (Å²) in [7, 11) is 4.29. The van der Waals surface area contributed by atoms with E-state index in [0.29, 0.717) is 6.04 Å². The van der Waals surface area contributed by atoms with Crippen molar-refractivity contribution < 1.29 is 0 Å². The fourth-order valence-electron chi connectivity index (χ4n) is 2.45. The number of likely N-dealkylation sites (N-methyl/N-ethyl adjacent to an activating group) is 1. The summed E-state index contributed by atoms with van der Waals surface area (Å²) in [5.41, 5.74) is 1.51. The Morgan fingerprint density at radius 3 is 2.40 bits per heavy atom. The molecule has 4 heteroatoms. The largest absolute Gasteiger partial charge is 0.371 e. The topological polar surface area (TPSA) is 31.4 Å². The number of nitrogens with zero attached hydrogens (tertiary/aromatic N) is 3. The number of hydrogen-bond donors (Lipinski definition) is 1. The third-order valence-electron chi connectivity index (χ3n) is 4.56. The first kappa shape index (κ1) is 15.3. The zero-order chi connectivity index (χ0) is 14.6. The van der Waals surface area contributed by atoms with Crippen LogP contribution in [0.3, 0.4) is 0 Å². The zero-order valence-electron chi connectivity index (χ0n) is 13.3. The predicted octanol–water partition coefficient (Wildman–Crippen LogP) is 1.98. The SMILES string of the molecule is CN(C)C(C)(C)CNC1CCN(c2ccncc2)CC1. The first-order valence-electron chi connectivity index (χ1n) is 7.55. The molecule has 1 fully saturated rings. The van der Waals surface area contributed by atoms with E-state index in [9.17, 15) is 0 Å². The van der Waals surface area contributed by atoms with Crippen molar-refractivity contribution in [2.75, 3.05) is 38.6 Å². The van der Waals surface area contributed by atoms with Gasteiger partial charge in [0.1, 0.15) is 0 Å². The van der Waals surface area contributed by atoms with Gasteiger partial charge in [-0.25, -0.2) is 0 Å². The predicted molar refractivity (Wildman–Crippen MR) is 85.2 cm³/mol. The summed E-state index contributed by atoms with van der Waals surface area (Å²) in [4.78, 5) is 8.82. The zero-order valence-corrected chi connectivity index (χ0v) is 13.3. The molecule has 0 amide bonds. The Bertz CT molecular complexity index is 394. The maximum absolute atomic E-state index is 4.08. The molecule has 1 aromatic rings. The van der Waals surface area contributed by atoms with Gasteiger partial charge in [-0.1, -0.05) is 0 Å². The number of hydrogen-bond acceptors (Lipinski definition) is 4. The molecule has 0 spiro atoms. The van der Waals surface area contributed by atoms with Crippen LogP contribution in [0.4, 0.5) is 5.69 Å². The van der Waals surface area contributed by atoms with E-state index in [2.05, 4.69) is 60.2 Å². The van der Waals surface area contributed by atoms with E-state index in [1.54, 1.807) is 0 Å². The highest BCUT2D eigenvalue weighted by Crippen LogP contribution is 2.19. The van der Waals surface area contributed by atoms with Crippen LogP contribution >= 0.6 is 0 Å². The molecular formula is C16H28N4. The van der Waals surface area contributed by atoms with Crippen molar-refractivity contribution in [2.24, 2.45) is 0 Å². The van der Waals surface area contributed by atoms with Crippen LogP contribution in [-0.2, 0) is 0 Å². The molecule has 0 radical (unpaired) electrons. The van der Waals surface area contributed by atoms with Crippen LogP contribution in [0.1, 0.15) is 26.7 Å². The fourth-order valence-corrected chi connectivity index (χ4v) is 2.45. The van der Waals surface area contributed by atoms with Crippen LogP contribution in [0, 0.1) is 0 Å². The number of aromatic nitrogens is 1. The Hall–Kier alpha value is -1.13. The third-order valence-corrected chi connectivity index (χ3v) is 4.56. The smallest absolute Gasteiger partial charge is 0.0397 e. The normalized spacial score (nSPS) is 17.8. The Labute approximate surface area is 123 Å². The van der Waals surface area contributed by atoms with Gasteiger partial charge in [0.15, 0.2) is 0 Å². The molecule has 1 aliphatic rings. The van der Waals surface area contributed by atoms with Crippen molar-refractivity contribution in [1.29, 1.82) is 0 Å². The summed E-state index contributed by atoms with van der Waals surface area (Å²) in [6.45, 7) is 7.87. The van der Waals surface area contributed by atoms with Gasteiger partial charge in [-0.3, -0.25) is 4.98 Å². The van der Waals surface area contributed by atoms with Gasteiger partial charge >= 0.3 is 0 Å². The maximum Gasteiger partial charge on any atom is 0.0397 e. The number of nitrogens with one attached hydrogen (secondary N) is 1. The number of anilines is 1. The Morgan fingerprint density at radius 1 is 1.25 bits per heavy atom. The summed E-state index contributed by atoms with van der Waals surface area (Å²) in [6, 6.07) is 4.85. The van der Waals surface area contributed by atoms with Gasteiger partial charge in [0.2, 0.25) is 0 Å². The number of piperidine rings is 1. The Kier molecular flexibility index (Phi) is 5.00. The fraction of sp³-hybridized carbons (Fsp3) is 0.688. The Morgan fingerprint density at radius 2 is 1.85 bits per heavy atom. The van der Waals surface area contributed by atoms with Crippen molar-refractivity contribution in [3.05, 3.63) is 24.5 Å². The average Bonchev–Trinajstić information content (AvgIpc) is 2.46. The van der Waals surface area contributed by atoms with Crippen molar-refractivity contribution in [3.63, 3.8) is 0 Å². The molecular weight excluding hydrogens is 248 g/mol. The molecule has 1 aliphatic heterocycles. The molecule has 2 heterocycles. The first-order valence-corrected chi connectivity index (χ1v) is 7.55. The van der Waals surface area contributed by atoms with Crippen LogP contribution < -0.4 is 10.2 Å². The van der Waals surface area contributed by atoms with Crippen LogP contribution in [-0.4, -0.2) is 55.2 Å². The molecule has 20 heavy (non-hydrogen) atoms. The second-order valence-corrected chi connectivity index (χ2v) is 6.55. The van der Waals surface area contributed by atoms with E-state index in [4.69, 9.17) is 0 Å². The lowest BCUT2D eigenvalue weighted by Crippen LogP contribution is -2.51. The molecule has 2 rings (SSSR count). The Balaban J connectivity index is 1.78. The molecule has 0 atom stereocenters. The van der Waals surface area contributed by atoms with Gasteiger partial charge in [-0.05, 0) is 52.9 Å². The van der Waals surface area contributed by atoms with Crippen LogP contribution in [0.2, 0.25) is 0 Å². The number of pyridine rings is 1. The quantitative estimate of drug-likeness (QED) is 0.891. The first-order chi connectivity index (χ1) is 9.49. The van der Waals surface area contributed by atoms with E-state index in [1.807, 2.05) is 12.4 Å². The second kappa shape index (κ2) is 6.55. The molecule has 0 bridgehead atoms. The second-order valence-electron chi connectivity index (χ2n) is 6.55. The third kappa shape index (κ3) is 3.93. The monoisotopic (exact) mass is 276 g/mol. The van der Waals surface area contributed by atoms with Crippen LogP contribution in [0.15, 0.2) is 24.5 Å². The van der Waals surface area contributed by atoms with Gasteiger partial charge in [0.25, 0.3) is 0 Å². The highest BCUT2D eigenvalue weighted by atomic mass is 15.2. The summed E-state index contributed by atoms with van der Waals surface area (Å²) in [5, 5.41) is 3.73. The van der Waals surface area contributed by atoms with Crippen molar-refractivity contribution in [2.45, 2.75) is 38.3 Å². The summed E-state index contributed by atoms with van der Waals surface area (Å²) in [5.74, 6) is 0. The molecule has 4 nitrogen and oxygen atoms in total. The molecule has 1 N–H and O–H groups in total. The maximum atomic E-state index is 4.08. The minimum atomic E-state index is 0.211. The molecule has 0 unspecified atom stereocenters. The van der Waals surface area contributed by atoms with Crippen molar-refractivity contribution in [1.82, 2.24) is 15.2 Å². The van der Waals surface area contributed by atoms with Crippen LogP contribution in [0.25, 0.3) is 0 Å². The lowest BCUT2D eigenvalue weighted by atomic mass is 10.0. The molecule has 1 saturated heterocycles. The van der Waals surface area contributed by atoms with Gasteiger partial charge in [0.05, 0.1) is 0 Å². The minimum absolute atomic E-state index is 0.211. The van der Waals surface area contributed by atoms with E-state index in [0.717, 1.165) is 19.6 Å². The lowest BCUT2D eigenvalue weighted by Gasteiger charge is -2.38. The lowest BCUT2D eigenvalue weighted by molar-refractivity contribution is 0.181. The summed E-state index contributed by atoms with van der Waals surface area (Å²) < 4.78 is 0. The molecule has 0 aromatic carbocycles. The van der Waals surface area contributed by atoms with Gasteiger partial charge in [-0.2, -0.15) is 0 Å². The van der Waals surface area contributed by atoms with E-state index in [1.165, 1.54) is 18.5 Å². The van der Waals surface area contributed by atoms with Crippen LogP contribution in [0.5, 0.6) is 0 Å². The highest BCUT2D eigenvalue weighted by Gasteiger charge is 2.24. The molecule has 0 saturated carbocycles. The summed E-state index contributed by atoms with van der Waals surface area (Å²) >= 11 is 0. The van der Waals surface area contributed by atoms with E-state index in [-0.39, 0.29) is 5.54 Å². The molecule has 112 valence electrons. The van der Waals surface area contributed by atoms with Gasteiger partial charge in [-0.15, -0.1) is 0 Å². The minimum Gasteiger partial charge on any atom is -0.371 e. The number of rotatable bonds is 5. The van der Waals surface area contributed by atoms with Gasteiger partial charge < -0.3 is 15.1 Å². The summed E-state index contributed by atoms with van der Waals surface area (Å²) in [6.07, 6.45) is 6.18. The van der Waals surface area contributed by atoms with Crippen molar-refractivity contribution >= 4 is 5.69 Å². The standard InChI is InChI=1S/C16H28N4/c1-16(2,19(3)4)13-18-14-7-11-20(12-8-14)15-5-9-17-10-6-15/h5-6,9-10,14,18H,7-8,11-13H2,1-4H3. The highest BCUT2D eigenvalue weighted by molar-refractivity contribution is 5.44. The molecule has 1 aromatic heterocycles. The average molecular weight is 276 g/mol.